The van der Waals surface area contributed by atoms with Gasteiger partial charge in [0, 0.05) is 30.9 Å². The standard InChI is InChI=1S/C19H23FN4O2/c1-24(2)10-9-21-18(25)15-6-3-5-14(11-15)13-22-19(26)23-17-8-4-7-16(20)12-17/h3-8,11-12H,9-10,13H2,1-2H3,(H,21,25)(H2,22,23,26). The van der Waals surface area contributed by atoms with Gasteiger partial charge in [-0.3, -0.25) is 4.79 Å². The van der Waals surface area contributed by atoms with Gasteiger partial charge in [0.15, 0.2) is 0 Å². The van der Waals surface area contributed by atoms with E-state index in [1.165, 1.54) is 18.2 Å². The van der Waals surface area contributed by atoms with Gasteiger partial charge in [0.1, 0.15) is 5.82 Å². The number of halogens is 1. The van der Waals surface area contributed by atoms with Crippen LogP contribution in [0.4, 0.5) is 14.9 Å². The molecule has 3 N–H and O–H groups in total. The number of anilines is 1. The molecule has 7 heteroatoms. The lowest BCUT2D eigenvalue weighted by atomic mass is 10.1. The number of nitrogens with one attached hydrogen (secondary N) is 3. The van der Waals surface area contributed by atoms with E-state index in [9.17, 15) is 14.0 Å². The Hall–Kier alpha value is -2.93. The third-order valence-electron chi connectivity index (χ3n) is 3.57. The van der Waals surface area contributed by atoms with Crippen LogP contribution in [0.1, 0.15) is 15.9 Å². The summed E-state index contributed by atoms with van der Waals surface area (Å²) in [5, 5.41) is 8.08. The Morgan fingerprint density at radius 2 is 1.81 bits per heavy atom. The Balaban J connectivity index is 1.85. The largest absolute Gasteiger partial charge is 0.351 e. The second-order valence-corrected chi connectivity index (χ2v) is 6.08. The van der Waals surface area contributed by atoms with Gasteiger partial charge in [-0.05, 0) is 50.0 Å². The van der Waals surface area contributed by atoms with Crippen molar-refractivity contribution in [3.05, 3.63) is 65.5 Å². The van der Waals surface area contributed by atoms with Crippen LogP contribution in [0, 0.1) is 5.82 Å². The van der Waals surface area contributed by atoms with E-state index in [4.69, 9.17) is 0 Å². The predicted octanol–water partition coefficient (Wildman–Crippen LogP) is 2.44. The lowest BCUT2D eigenvalue weighted by molar-refractivity contribution is 0.0951. The molecule has 3 amide bonds. The topological polar surface area (TPSA) is 73.5 Å². The van der Waals surface area contributed by atoms with Crippen molar-refractivity contribution < 1.29 is 14.0 Å². The van der Waals surface area contributed by atoms with Crippen molar-refractivity contribution >= 4 is 17.6 Å². The maximum absolute atomic E-state index is 13.1. The van der Waals surface area contributed by atoms with Crippen LogP contribution in [0.15, 0.2) is 48.5 Å². The van der Waals surface area contributed by atoms with E-state index in [-0.39, 0.29) is 12.5 Å². The van der Waals surface area contributed by atoms with Gasteiger partial charge in [0.05, 0.1) is 0 Å². The fourth-order valence-electron chi connectivity index (χ4n) is 2.24. The number of likely N-dealkylation sites (N-methyl/N-ethyl adjacent to an activating group) is 1. The molecule has 2 aromatic rings. The summed E-state index contributed by atoms with van der Waals surface area (Å²) in [6, 6.07) is 12.2. The van der Waals surface area contributed by atoms with Crippen LogP contribution in [0.3, 0.4) is 0 Å². The molecule has 0 bridgehead atoms. The van der Waals surface area contributed by atoms with Gasteiger partial charge in [-0.25, -0.2) is 9.18 Å². The monoisotopic (exact) mass is 358 g/mol. The molecule has 0 aliphatic heterocycles. The number of nitrogens with zero attached hydrogens (tertiary/aromatic N) is 1. The van der Waals surface area contributed by atoms with E-state index in [0.717, 1.165) is 12.1 Å². The van der Waals surface area contributed by atoms with E-state index < -0.39 is 11.8 Å². The van der Waals surface area contributed by atoms with Gasteiger partial charge in [-0.15, -0.1) is 0 Å². The first-order valence-corrected chi connectivity index (χ1v) is 8.26. The highest BCUT2D eigenvalue weighted by Gasteiger charge is 2.07. The highest BCUT2D eigenvalue weighted by atomic mass is 19.1. The minimum atomic E-state index is -0.448. The van der Waals surface area contributed by atoms with Gasteiger partial charge in [0.2, 0.25) is 0 Å². The number of benzene rings is 2. The molecule has 0 aliphatic rings. The van der Waals surface area contributed by atoms with Crippen molar-refractivity contribution in [1.29, 1.82) is 0 Å². The molecule has 0 radical (unpaired) electrons. The average molecular weight is 358 g/mol. The third kappa shape index (κ3) is 6.52. The Morgan fingerprint density at radius 1 is 1.04 bits per heavy atom. The van der Waals surface area contributed by atoms with Crippen molar-refractivity contribution in [2.24, 2.45) is 0 Å². The van der Waals surface area contributed by atoms with Gasteiger partial charge < -0.3 is 20.9 Å². The molecule has 6 nitrogen and oxygen atoms in total. The maximum atomic E-state index is 13.1. The summed E-state index contributed by atoms with van der Waals surface area (Å²) in [5.41, 5.74) is 1.70. The number of hydrogen-bond donors (Lipinski definition) is 3. The summed E-state index contributed by atoms with van der Waals surface area (Å²) in [4.78, 5) is 26.0. The van der Waals surface area contributed by atoms with Crippen LogP contribution < -0.4 is 16.0 Å². The number of hydrogen-bond acceptors (Lipinski definition) is 3. The number of carbonyl (C=O) groups excluding carboxylic acids is 2. The van der Waals surface area contributed by atoms with Crippen LogP contribution in [-0.2, 0) is 6.54 Å². The summed E-state index contributed by atoms with van der Waals surface area (Å²) >= 11 is 0. The fraction of sp³-hybridized carbons (Fsp3) is 0.263. The van der Waals surface area contributed by atoms with Crippen molar-refractivity contribution in [3.8, 4) is 0 Å². The third-order valence-corrected chi connectivity index (χ3v) is 3.57. The predicted molar refractivity (Wildman–Crippen MR) is 99.6 cm³/mol. The lowest BCUT2D eigenvalue weighted by Crippen LogP contribution is -2.31. The lowest BCUT2D eigenvalue weighted by Gasteiger charge is -2.11. The molecule has 26 heavy (non-hydrogen) atoms. The Bertz CT molecular complexity index is 765. The van der Waals surface area contributed by atoms with Crippen molar-refractivity contribution in [2.45, 2.75) is 6.54 Å². The van der Waals surface area contributed by atoms with E-state index in [1.807, 2.05) is 25.1 Å². The normalized spacial score (nSPS) is 10.5. The Kier molecular flexibility index (Phi) is 7.11. The van der Waals surface area contributed by atoms with Gasteiger partial charge in [-0.1, -0.05) is 18.2 Å². The number of amides is 3. The van der Waals surface area contributed by atoms with Crippen LogP contribution in [0.5, 0.6) is 0 Å². The molecule has 0 spiro atoms. The molecule has 0 unspecified atom stereocenters. The van der Waals surface area contributed by atoms with Crippen molar-refractivity contribution in [3.63, 3.8) is 0 Å². The summed E-state index contributed by atoms with van der Waals surface area (Å²) < 4.78 is 13.1. The van der Waals surface area contributed by atoms with Gasteiger partial charge >= 0.3 is 6.03 Å². The second kappa shape index (κ2) is 9.53. The van der Waals surface area contributed by atoms with Gasteiger partial charge in [-0.2, -0.15) is 0 Å². The van der Waals surface area contributed by atoms with E-state index in [1.54, 1.807) is 24.3 Å². The first-order valence-electron chi connectivity index (χ1n) is 8.26. The van der Waals surface area contributed by atoms with Crippen molar-refractivity contribution in [2.75, 3.05) is 32.5 Å². The molecular formula is C19H23FN4O2. The zero-order valence-electron chi connectivity index (χ0n) is 14.9. The zero-order valence-corrected chi connectivity index (χ0v) is 14.9. The van der Waals surface area contributed by atoms with E-state index >= 15 is 0 Å². The SMILES string of the molecule is CN(C)CCNC(=O)c1cccc(CNC(=O)Nc2cccc(F)c2)c1. The zero-order chi connectivity index (χ0) is 18.9. The van der Waals surface area contributed by atoms with Crippen molar-refractivity contribution in [1.82, 2.24) is 15.5 Å². The number of carbonyl (C=O) groups is 2. The summed E-state index contributed by atoms with van der Waals surface area (Å²) in [6.45, 7) is 1.57. The first-order chi connectivity index (χ1) is 12.4. The average Bonchev–Trinajstić information content (AvgIpc) is 2.60. The van der Waals surface area contributed by atoms with E-state index in [2.05, 4.69) is 16.0 Å². The number of rotatable bonds is 7. The first kappa shape index (κ1) is 19.4. The van der Waals surface area contributed by atoms with Crippen LogP contribution >= 0.6 is 0 Å². The molecule has 2 aromatic carbocycles. The Labute approximate surface area is 152 Å². The summed E-state index contributed by atoms with van der Waals surface area (Å²) in [5.74, 6) is -0.575. The molecule has 0 atom stereocenters. The van der Waals surface area contributed by atoms with Crippen LogP contribution in [0.25, 0.3) is 0 Å². The van der Waals surface area contributed by atoms with Gasteiger partial charge in [0.25, 0.3) is 5.91 Å². The fourth-order valence-corrected chi connectivity index (χ4v) is 2.24. The minimum absolute atomic E-state index is 0.155. The molecular weight excluding hydrogens is 335 g/mol. The molecule has 0 saturated heterocycles. The molecule has 0 heterocycles. The quantitative estimate of drug-likeness (QED) is 0.712. The second-order valence-electron chi connectivity index (χ2n) is 6.08. The van der Waals surface area contributed by atoms with Crippen LogP contribution in [0.2, 0.25) is 0 Å². The maximum Gasteiger partial charge on any atom is 0.319 e. The molecule has 0 aromatic heterocycles. The summed E-state index contributed by atoms with van der Waals surface area (Å²) in [7, 11) is 3.88. The highest BCUT2D eigenvalue weighted by Crippen LogP contribution is 2.09. The Morgan fingerprint density at radius 3 is 2.54 bits per heavy atom. The molecule has 0 saturated carbocycles. The number of urea groups is 1. The van der Waals surface area contributed by atoms with E-state index in [0.29, 0.717) is 17.8 Å². The molecule has 138 valence electrons. The molecule has 2 rings (SSSR count). The van der Waals surface area contributed by atoms with Crippen LogP contribution in [-0.4, -0.2) is 44.0 Å². The minimum Gasteiger partial charge on any atom is -0.351 e. The molecule has 0 aliphatic carbocycles. The smallest absolute Gasteiger partial charge is 0.319 e. The molecule has 0 fully saturated rings. The summed E-state index contributed by atoms with van der Waals surface area (Å²) in [6.07, 6.45) is 0. The highest BCUT2D eigenvalue weighted by molar-refractivity contribution is 5.94.